The molecule has 21 heavy (non-hydrogen) atoms. The van der Waals surface area contributed by atoms with E-state index in [-0.39, 0.29) is 0 Å². The molecule has 2 aromatic rings. The van der Waals surface area contributed by atoms with E-state index in [1.54, 1.807) is 7.11 Å². The Balaban J connectivity index is 1.88. The minimum atomic E-state index is 0.692. The molecule has 0 heterocycles. The molecule has 0 saturated heterocycles. The van der Waals surface area contributed by atoms with Crippen molar-refractivity contribution in [1.82, 2.24) is 5.32 Å². The molecule has 110 valence electrons. The normalized spacial score (nSPS) is 14.2. The van der Waals surface area contributed by atoms with Gasteiger partial charge in [0.05, 0.1) is 7.11 Å². The van der Waals surface area contributed by atoms with Crippen LogP contribution in [0.1, 0.15) is 24.0 Å². The highest BCUT2D eigenvalue weighted by molar-refractivity contribution is 6.31. The minimum Gasteiger partial charge on any atom is -0.496 e. The lowest BCUT2D eigenvalue weighted by Gasteiger charge is -2.12. The number of aryl methyl sites for hydroxylation is 1. The Bertz CT molecular complexity index is 650. The second-order valence-electron chi connectivity index (χ2n) is 5.67. The van der Waals surface area contributed by atoms with Gasteiger partial charge in [-0.25, -0.2) is 0 Å². The maximum absolute atomic E-state index is 6.44. The van der Waals surface area contributed by atoms with Gasteiger partial charge in [-0.2, -0.15) is 0 Å². The molecule has 0 bridgehead atoms. The highest BCUT2D eigenvalue weighted by atomic mass is 35.5. The van der Waals surface area contributed by atoms with Gasteiger partial charge >= 0.3 is 0 Å². The number of methoxy groups -OCH3 is 1. The van der Waals surface area contributed by atoms with Crippen molar-refractivity contribution >= 4 is 11.6 Å². The molecule has 1 N–H and O–H groups in total. The van der Waals surface area contributed by atoms with Crippen molar-refractivity contribution in [3.05, 3.63) is 52.5 Å². The highest BCUT2D eigenvalue weighted by Gasteiger charge is 2.20. The largest absolute Gasteiger partial charge is 0.496 e. The fraction of sp³-hybridized carbons (Fsp3) is 0.333. The van der Waals surface area contributed by atoms with Crippen LogP contribution in [0.4, 0.5) is 0 Å². The zero-order chi connectivity index (χ0) is 14.8. The van der Waals surface area contributed by atoms with Gasteiger partial charge in [0.2, 0.25) is 0 Å². The molecule has 3 heteroatoms. The van der Waals surface area contributed by atoms with Crippen molar-refractivity contribution < 1.29 is 4.74 Å². The highest BCUT2D eigenvalue weighted by Crippen LogP contribution is 2.33. The lowest BCUT2D eigenvalue weighted by molar-refractivity contribution is 0.416. The summed E-state index contributed by atoms with van der Waals surface area (Å²) in [6.07, 6.45) is 2.58. The molecule has 3 rings (SSSR count). The summed E-state index contributed by atoms with van der Waals surface area (Å²) in [6.45, 7) is 2.92. The summed E-state index contributed by atoms with van der Waals surface area (Å²) in [7, 11) is 1.70. The number of hydrogen-bond acceptors (Lipinski definition) is 2. The molecule has 1 aliphatic rings. The van der Waals surface area contributed by atoms with Crippen molar-refractivity contribution in [2.75, 3.05) is 7.11 Å². The third-order valence-corrected chi connectivity index (χ3v) is 4.23. The Hall–Kier alpha value is -1.51. The molecular weight excluding hydrogens is 282 g/mol. The molecule has 1 fully saturated rings. The van der Waals surface area contributed by atoms with Crippen LogP contribution >= 0.6 is 11.6 Å². The van der Waals surface area contributed by atoms with E-state index in [0.29, 0.717) is 6.04 Å². The lowest BCUT2D eigenvalue weighted by Crippen LogP contribution is -2.15. The number of benzene rings is 2. The van der Waals surface area contributed by atoms with Crippen molar-refractivity contribution in [2.45, 2.75) is 32.4 Å². The molecule has 1 saturated carbocycles. The number of rotatable bonds is 5. The van der Waals surface area contributed by atoms with E-state index < -0.39 is 0 Å². The predicted molar refractivity (Wildman–Crippen MR) is 88.0 cm³/mol. The summed E-state index contributed by atoms with van der Waals surface area (Å²) in [5.74, 6) is 0.875. The molecule has 0 radical (unpaired) electrons. The second-order valence-corrected chi connectivity index (χ2v) is 6.07. The Morgan fingerprint density at radius 3 is 2.67 bits per heavy atom. The number of hydrogen-bond donors (Lipinski definition) is 1. The average molecular weight is 302 g/mol. The van der Waals surface area contributed by atoms with Gasteiger partial charge in [-0.1, -0.05) is 35.4 Å². The maximum atomic E-state index is 6.44. The van der Waals surface area contributed by atoms with Gasteiger partial charge < -0.3 is 10.1 Å². The number of halogens is 1. The topological polar surface area (TPSA) is 21.3 Å². The van der Waals surface area contributed by atoms with Crippen LogP contribution in [0.25, 0.3) is 11.1 Å². The van der Waals surface area contributed by atoms with Crippen molar-refractivity contribution in [1.29, 1.82) is 0 Å². The summed E-state index contributed by atoms with van der Waals surface area (Å²) in [5.41, 5.74) is 4.54. The van der Waals surface area contributed by atoms with E-state index in [9.17, 15) is 0 Å². The molecule has 0 spiro atoms. The van der Waals surface area contributed by atoms with Gasteiger partial charge in [-0.05, 0) is 49.1 Å². The van der Waals surface area contributed by atoms with Crippen LogP contribution in [-0.4, -0.2) is 13.2 Å². The van der Waals surface area contributed by atoms with Crippen LogP contribution in [-0.2, 0) is 6.54 Å². The quantitative estimate of drug-likeness (QED) is 0.873. The van der Waals surface area contributed by atoms with Crippen LogP contribution in [0, 0.1) is 6.92 Å². The van der Waals surface area contributed by atoms with Crippen LogP contribution < -0.4 is 10.1 Å². The summed E-state index contributed by atoms with van der Waals surface area (Å²) >= 11 is 6.44. The molecule has 0 atom stereocenters. The van der Waals surface area contributed by atoms with Crippen molar-refractivity contribution in [3.8, 4) is 16.9 Å². The zero-order valence-electron chi connectivity index (χ0n) is 12.4. The summed E-state index contributed by atoms with van der Waals surface area (Å²) in [5, 5.41) is 4.30. The van der Waals surface area contributed by atoms with E-state index in [4.69, 9.17) is 16.3 Å². The summed E-state index contributed by atoms with van der Waals surface area (Å²) in [6, 6.07) is 13.1. The van der Waals surface area contributed by atoms with E-state index >= 15 is 0 Å². The SMILES string of the molecule is COc1ccc(C)cc1-c1ccc(CNC2CC2)c(Cl)c1. The lowest BCUT2D eigenvalue weighted by atomic mass is 10.0. The molecule has 0 aromatic heterocycles. The summed E-state index contributed by atoms with van der Waals surface area (Å²) in [4.78, 5) is 0. The molecular formula is C18H20ClNO. The molecule has 2 aromatic carbocycles. The van der Waals surface area contributed by atoms with Crippen molar-refractivity contribution in [3.63, 3.8) is 0 Å². The van der Waals surface area contributed by atoms with E-state index in [2.05, 4.69) is 36.5 Å². The van der Waals surface area contributed by atoms with E-state index in [1.165, 1.54) is 18.4 Å². The van der Waals surface area contributed by atoms with Crippen LogP contribution in [0.15, 0.2) is 36.4 Å². The average Bonchev–Trinajstić information content (AvgIpc) is 3.30. The Kier molecular flexibility index (Phi) is 4.18. The number of nitrogens with one attached hydrogen (secondary N) is 1. The summed E-state index contributed by atoms with van der Waals surface area (Å²) < 4.78 is 5.46. The van der Waals surface area contributed by atoms with Gasteiger partial charge in [-0.3, -0.25) is 0 Å². The van der Waals surface area contributed by atoms with Crippen molar-refractivity contribution in [2.24, 2.45) is 0 Å². The third-order valence-electron chi connectivity index (χ3n) is 3.88. The first-order valence-corrected chi connectivity index (χ1v) is 7.72. The van der Waals surface area contributed by atoms with Gasteiger partial charge in [0.1, 0.15) is 5.75 Å². The Morgan fingerprint density at radius 1 is 1.19 bits per heavy atom. The molecule has 1 aliphatic carbocycles. The van der Waals surface area contributed by atoms with Gasteiger partial charge in [0.25, 0.3) is 0 Å². The second kappa shape index (κ2) is 6.08. The van der Waals surface area contributed by atoms with Crippen LogP contribution in [0.5, 0.6) is 5.75 Å². The maximum Gasteiger partial charge on any atom is 0.126 e. The Morgan fingerprint density at radius 2 is 2.00 bits per heavy atom. The molecule has 0 aliphatic heterocycles. The smallest absolute Gasteiger partial charge is 0.126 e. The fourth-order valence-electron chi connectivity index (χ4n) is 2.45. The fourth-order valence-corrected chi connectivity index (χ4v) is 2.69. The minimum absolute atomic E-state index is 0.692. The molecule has 0 unspecified atom stereocenters. The van der Waals surface area contributed by atoms with Gasteiger partial charge in [0.15, 0.2) is 0 Å². The predicted octanol–water partition coefficient (Wildman–Crippen LogP) is 4.58. The van der Waals surface area contributed by atoms with Gasteiger partial charge in [0, 0.05) is 23.2 Å². The van der Waals surface area contributed by atoms with Gasteiger partial charge in [-0.15, -0.1) is 0 Å². The monoisotopic (exact) mass is 301 g/mol. The third kappa shape index (κ3) is 3.39. The van der Waals surface area contributed by atoms with E-state index in [1.807, 2.05) is 12.1 Å². The first kappa shape index (κ1) is 14.4. The first-order chi connectivity index (χ1) is 10.2. The zero-order valence-corrected chi connectivity index (χ0v) is 13.2. The molecule has 0 amide bonds. The Labute approximate surface area is 131 Å². The number of ether oxygens (including phenoxy) is 1. The standard InChI is InChI=1S/C18H20ClNO/c1-12-3-8-18(21-2)16(9-12)13-4-5-14(17(19)10-13)11-20-15-6-7-15/h3-5,8-10,15,20H,6-7,11H2,1-2H3. The first-order valence-electron chi connectivity index (χ1n) is 7.34. The van der Waals surface area contributed by atoms with Crippen LogP contribution in [0.3, 0.4) is 0 Å². The molecule has 2 nitrogen and oxygen atoms in total. The van der Waals surface area contributed by atoms with Crippen LogP contribution in [0.2, 0.25) is 5.02 Å². The van der Waals surface area contributed by atoms with E-state index in [0.717, 1.165) is 34.0 Å².